The number of carboxylic acid groups (broad SMARTS) is 1. The third-order valence-corrected chi connectivity index (χ3v) is 8.16. The van der Waals surface area contributed by atoms with Crippen LogP contribution < -0.4 is 9.80 Å². The molecule has 2 aromatic carbocycles. The van der Waals surface area contributed by atoms with E-state index in [1.807, 2.05) is 40.1 Å². The van der Waals surface area contributed by atoms with Crippen molar-refractivity contribution < 1.29 is 41.0 Å². The van der Waals surface area contributed by atoms with Crippen molar-refractivity contribution in [1.82, 2.24) is 14.7 Å². The zero-order valence-electron chi connectivity index (χ0n) is 23.4. The van der Waals surface area contributed by atoms with Gasteiger partial charge in [-0.2, -0.15) is 18.3 Å². The number of hydrogen-bond donors (Lipinski definition) is 1. The van der Waals surface area contributed by atoms with Crippen LogP contribution in [0, 0.1) is 0 Å². The number of ether oxygens (including phenoxy) is 1. The van der Waals surface area contributed by atoms with Crippen molar-refractivity contribution in [2.75, 3.05) is 62.2 Å². The fourth-order valence-corrected chi connectivity index (χ4v) is 6.00. The predicted molar refractivity (Wildman–Crippen MR) is 152 cm³/mol. The lowest BCUT2D eigenvalue weighted by molar-refractivity contribution is -0.325. The van der Waals surface area contributed by atoms with Crippen LogP contribution >= 0.6 is 11.6 Å². The van der Waals surface area contributed by atoms with Gasteiger partial charge in [0, 0.05) is 67.8 Å². The largest absolute Gasteiger partial charge is 0.522 e. The number of piperidine rings is 1. The zero-order valence-corrected chi connectivity index (χ0v) is 24.2. The van der Waals surface area contributed by atoms with Crippen LogP contribution in [0.3, 0.4) is 0 Å². The van der Waals surface area contributed by atoms with E-state index in [4.69, 9.17) is 11.6 Å². The number of hydrogen-bond acceptors (Lipinski definition) is 6. The Hall–Kier alpha value is -3.49. The molecule has 1 atom stereocenters. The maximum atomic E-state index is 13.9. The Morgan fingerprint density at radius 3 is 2.32 bits per heavy atom. The summed E-state index contributed by atoms with van der Waals surface area (Å²) in [6.07, 6.45) is -7.81. The highest BCUT2D eigenvalue weighted by Gasteiger charge is 2.42. The Morgan fingerprint density at radius 1 is 0.977 bits per heavy atom. The quantitative estimate of drug-likeness (QED) is 0.284. The number of nitrogens with zero attached hydrogens (tertiary/aromatic N) is 5. The first-order valence-electron chi connectivity index (χ1n) is 14.0. The van der Waals surface area contributed by atoms with E-state index in [9.17, 15) is 36.2 Å². The van der Waals surface area contributed by atoms with Gasteiger partial charge in [0.25, 0.3) is 0 Å². The highest BCUT2D eigenvalue weighted by Crippen LogP contribution is 2.39. The fourth-order valence-electron chi connectivity index (χ4n) is 5.83. The van der Waals surface area contributed by atoms with E-state index in [0.717, 1.165) is 33.4 Å². The van der Waals surface area contributed by atoms with E-state index in [1.165, 1.54) is 0 Å². The molecule has 2 saturated heterocycles. The van der Waals surface area contributed by atoms with E-state index in [1.54, 1.807) is 12.1 Å². The molecular formula is C29H30ClF6N5O3. The lowest BCUT2D eigenvalue weighted by Crippen LogP contribution is -2.47. The Bertz CT molecular complexity index is 1460. The van der Waals surface area contributed by atoms with Crippen LogP contribution in [0.15, 0.2) is 48.7 Å². The second-order valence-corrected chi connectivity index (χ2v) is 11.2. The number of piperazine rings is 1. The molecule has 0 aliphatic carbocycles. The SMILES string of the molecule is O=C(O)c1cnn(C2CCCN(c3cc(Cl)ccc3-c3ccc(N4CCN(CCOC(F)(F)F)CC4)cc3)C2)c1C(F)(F)F. The first kappa shape index (κ1) is 31.9. The molecule has 44 heavy (non-hydrogen) atoms. The Labute approximate surface area is 254 Å². The minimum absolute atomic E-state index is 0.174. The molecule has 2 aliphatic heterocycles. The second kappa shape index (κ2) is 12.9. The molecule has 2 aliphatic rings. The number of carbonyl (C=O) groups is 1. The number of benzene rings is 2. The number of halogens is 7. The smallest absolute Gasteiger partial charge is 0.478 e. The van der Waals surface area contributed by atoms with Gasteiger partial charge in [-0.25, -0.2) is 4.79 Å². The maximum Gasteiger partial charge on any atom is 0.522 e. The Kier molecular flexibility index (Phi) is 9.33. The normalized spacial score (nSPS) is 18.6. The van der Waals surface area contributed by atoms with Gasteiger partial charge >= 0.3 is 18.5 Å². The molecule has 1 unspecified atom stereocenters. The summed E-state index contributed by atoms with van der Waals surface area (Å²) >= 11 is 6.36. The number of rotatable bonds is 8. The number of aromatic carboxylic acids is 1. The number of alkyl halides is 6. The summed E-state index contributed by atoms with van der Waals surface area (Å²) in [5, 5.41) is 13.6. The molecule has 2 fully saturated rings. The molecule has 0 bridgehead atoms. The maximum absolute atomic E-state index is 13.9. The Balaban J connectivity index is 1.30. The van der Waals surface area contributed by atoms with Gasteiger partial charge in [0.1, 0.15) is 5.56 Å². The standard InChI is InChI=1S/C29H30ClF6N5O3/c30-20-5-8-23(19-3-6-21(7-4-19)39-12-10-38(11-13-39)14-15-44-29(34,35)36)25(16-20)40-9-1-2-22(18-40)41-26(28(31,32)33)24(17-37-41)27(42)43/h3-8,16-17,22H,1-2,9-15,18H2,(H,42,43). The molecule has 0 spiro atoms. The van der Waals surface area contributed by atoms with Crippen molar-refractivity contribution in [3.05, 3.63) is 64.9 Å². The molecule has 1 N–H and O–H groups in total. The fraction of sp³-hybridized carbons (Fsp3) is 0.448. The molecule has 8 nitrogen and oxygen atoms in total. The second-order valence-electron chi connectivity index (χ2n) is 10.7. The highest BCUT2D eigenvalue weighted by atomic mass is 35.5. The third-order valence-electron chi connectivity index (χ3n) is 7.93. The lowest BCUT2D eigenvalue weighted by Gasteiger charge is -2.37. The van der Waals surface area contributed by atoms with Crippen LogP contribution in [0.1, 0.15) is 34.9 Å². The average Bonchev–Trinajstić information content (AvgIpc) is 3.44. The van der Waals surface area contributed by atoms with Gasteiger partial charge in [0.2, 0.25) is 0 Å². The van der Waals surface area contributed by atoms with Gasteiger partial charge in [0.15, 0.2) is 5.69 Å². The van der Waals surface area contributed by atoms with Crippen molar-refractivity contribution >= 4 is 28.9 Å². The number of aromatic nitrogens is 2. The van der Waals surface area contributed by atoms with E-state index in [2.05, 4.69) is 14.7 Å². The summed E-state index contributed by atoms with van der Waals surface area (Å²) < 4.78 is 83.1. The minimum Gasteiger partial charge on any atom is -0.478 e. The van der Waals surface area contributed by atoms with Gasteiger partial charge in [-0.05, 0) is 42.7 Å². The van der Waals surface area contributed by atoms with Crippen molar-refractivity contribution in [2.45, 2.75) is 31.4 Å². The molecular weight excluding hydrogens is 616 g/mol. The molecule has 5 rings (SSSR count). The third kappa shape index (κ3) is 7.41. The monoisotopic (exact) mass is 645 g/mol. The Morgan fingerprint density at radius 2 is 1.68 bits per heavy atom. The summed E-state index contributed by atoms with van der Waals surface area (Å²) in [4.78, 5) is 17.5. The van der Waals surface area contributed by atoms with Gasteiger partial charge in [-0.3, -0.25) is 14.3 Å². The van der Waals surface area contributed by atoms with Gasteiger partial charge < -0.3 is 14.9 Å². The van der Waals surface area contributed by atoms with Crippen molar-refractivity contribution in [1.29, 1.82) is 0 Å². The molecule has 3 aromatic rings. The molecule has 1 aromatic heterocycles. The van der Waals surface area contributed by atoms with Gasteiger partial charge in [-0.15, -0.1) is 13.2 Å². The minimum atomic E-state index is -4.89. The molecule has 15 heteroatoms. The van der Waals surface area contributed by atoms with E-state index >= 15 is 0 Å². The predicted octanol–water partition coefficient (Wildman–Crippen LogP) is 6.42. The molecule has 3 heterocycles. The summed E-state index contributed by atoms with van der Waals surface area (Å²) in [6.45, 7) is 3.01. The highest BCUT2D eigenvalue weighted by molar-refractivity contribution is 6.31. The van der Waals surface area contributed by atoms with Crippen LogP contribution in [0.4, 0.5) is 37.7 Å². The van der Waals surface area contributed by atoms with Gasteiger partial charge in [-0.1, -0.05) is 29.8 Å². The van der Waals surface area contributed by atoms with E-state index in [0.29, 0.717) is 50.6 Å². The molecule has 238 valence electrons. The molecule has 0 amide bonds. The van der Waals surface area contributed by atoms with Crippen LogP contribution in [0.5, 0.6) is 0 Å². The average molecular weight is 646 g/mol. The summed E-state index contributed by atoms with van der Waals surface area (Å²) in [6, 6.07) is 12.5. The van der Waals surface area contributed by atoms with Crippen LogP contribution in [-0.2, 0) is 10.9 Å². The van der Waals surface area contributed by atoms with E-state index in [-0.39, 0.29) is 13.1 Å². The summed E-state index contributed by atoms with van der Waals surface area (Å²) in [5.74, 6) is -1.69. The van der Waals surface area contributed by atoms with Crippen molar-refractivity contribution in [3.8, 4) is 11.1 Å². The first-order valence-corrected chi connectivity index (χ1v) is 14.4. The van der Waals surface area contributed by atoms with Crippen molar-refractivity contribution in [2.24, 2.45) is 0 Å². The molecule has 0 saturated carbocycles. The molecule has 0 radical (unpaired) electrons. The van der Waals surface area contributed by atoms with Crippen LogP contribution in [0.25, 0.3) is 11.1 Å². The number of anilines is 2. The summed E-state index contributed by atoms with van der Waals surface area (Å²) in [7, 11) is 0. The van der Waals surface area contributed by atoms with Crippen molar-refractivity contribution in [3.63, 3.8) is 0 Å². The van der Waals surface area contributed by atoms with E-state index < -0.39 is 42.4 Å². The van der Waals surface area contributed by atoms with Gasteiger partial charge in [0.05, 0.1) is 18.8 Å². The number of carboxylic acids is 1. The van der Waals surface area contributed by atoms with Crippen LogP contribution in [-0.4, -0.2) is 84.5 Å². The van der Waals surface area contributed by atoms with Crippen LogP contribution in [0.2, 0.25) is 5.02 Å². The first-order chi connectivity index (χ1) is 20.8. The lowest BCUT2D eigenvalue weighted by atomic mass is 9.99. The topological polar surface area (TPSA) is 74.1 Å². The zero-order chi connectivity index (χ0) is 31.6. The summed E-state index contributed by atoms with van der Waals surface area (Å²) in [5.41, 5.74) is 1.25.